The van der Waals surface area contributed by atoms with Gasteiger partial charge in [0.15, 0.2) is 21.4 Å². The molecule has 9 heteroatoms. The van der Waals surface area contributed by atoms with Crippen LogP contribution in [0.4, 0.5) is 5.69 Å². The minimum absolute atomic E-state index is 0.124. The zero-order chi connectivity index (χ0) is 20.2. The van der Waals surface area contributed by atoms with Crippen molar-refractivity contribution in [2.75, 3.05) is 16.8 Å². The van der Waals surface area contributed by atoms with Crippen LogP contribution in [0, 0.1) is 0 Å². The number of nitrogens with one attached hydrogen (secondary N) is 1. The maximum absolute atomic E-state index is 12.8. The summed E-state index contributed by atoms with van der Waals surface area (Å²) in [5.74, 6) is 0.335. The van der Waals surface area contributed by atoms with Crippen molar-refractivity contribution in [2.45, 2.75) is 18.5 Å². The van der Waals surface area contributed by atoms with Gasteiger partial charge in [-0.1, -0.05) is 41.9 Å². The molecule has 3 heterocycles. The highest BCUT2D eigenvalue weighted by Gasteiger charge is 2.46. The van der Waals surface area contributed by atoms with Gasteiger partial charge in [0.05, 0.1) is 11.5 Å². The number of hydrogen-bond donors (Lipinski definition) is 1. The minimum atomic E-state index is -3.29. The van der Waals surface area contributed by atoms with E-state index in [0.29, 0.717) is 40.5 Å². The summed E-state index contributed by atoms with van der Waals surface area (Å²) >= 11 is 6.17. The normalized spacial score (nSPS) is 21.8. The van der Waals surface area contributed by atoms with Gasteiger partial charge in [-0.05, 0) is 31.0 Å². The van der Waals surface area contributed by atoms with E-state index in [1.54, 1.807) is 35.0 Å². The van der Waals surface area contributed by atoms with E-state index in [0.717, 1.165) is 0 Å². The van der Waals surface area contributed by atoms with Crippen molar-refractivity contribution in [3.05, 3.63) is 63.9 Å². The summed E-state index contributed by atoms with van der Waals surface area (Å²) in [7, 11) is -3.29. The Morgan fingerprint density at radius 2 is 1.93 bits per heavy atom. The molecule has 2 aromatic carbocycles. The number of benzene rings is 2. The smallest absolute Gasteiger partial charge is 0.300 e. The molecule has 0 unspecified atom stereocenters. The summed E-state index contributed by atoms with van der Waals surface area (Å²) in [6, 6.07) is 14.2. The summed E-state index contributed by atoms with van der Waals surface area (Å²) in [6.45, 7) is 0. The number of aromatic nitrogens is 3. The second-order valence-corrected chi connectivity index (χ2v) is 10.0. The fourth-order valence-corrected chi connectivity index (χ4v) is 6.08. The van der Waals surface area contributed by atoms with Crippen LogP contribution in [-0.2, 0) is 15.5 Å². The molecule has 1 fully saturated rings. The number of fused-ring (bicyclic) bond motifs is 4. The Hall–Kier alpha value is -2.71. The fourth-order valence-electron chi connectivity index (χ4n) is 4.11. The average molecular weight is 429 g/mol. The van der Waals surface area contributed by atoms with E-state index in [2.05, 4.69) is 15.4 Å². The molecular formula is C20H17ClN4O3S. The van der Waals surface area contributed by atoms with Gasteiger partial charge in [-0.15, -0.1) is 0 Å². The van der Waals surface area contributed by atoms with Crippen LogP contribution in [0.3, 0.4) is 0 Å². The number of nitrogens with zero attached hydrogens (tertiary/aromatic N) is 3. The lowest BCUT2D eigenvalue weighted by molar-refractivity contribution is 0.290. The first-order chi connectivity index (χ1) is 13.9. The van der Waals surface area contributed by atoms with E-state index < -0.39 is 21.1 Å². The largest absolute Gasteiger partial charge is 0.360 e. The third-order valence-corrected chi connectivity index (χ3v) is 7.42. The molecule has 0 bridgehead atoms. The molecule has 2 aliphatic heterocycles. The van der Waals surface area contributed by atoms with Crippen molar-refractivity contribution in [1.29, 1.82) is 0 Å². The van der Waals surface area contributed by atoms with Gasteiger partial charge < -0.3 is 5.32 Å². The summed E-state index contributed by atoms with van der Waals surface area (Å²) in [4.78, 5) is 17.1. The van der Waals surface area contributed by atoms with E-state index in [1.807, 2.05) is 18.2 Å². The second kappa shape index (κ2) is 6.40. The fraction of sp³-hybridized carbons (Fsp3) is 0.250. The van der Waals surface area contributed by atoms with Gasteiger partial charge in [0.1, 0.15) is 5.66 Å². The molecule has 1 N–H and O–H groups in total. The molecule has 1 saturated heterocycles. The Labute approximate surface area is 172 Å². The van der Waals surface area contributed by atoms with Gasteiger partial charge in [-0.3, -0.25) is 4.79 Å². The first-order valence-electron chi connectivity index (χ1n) is 9.23. The molecule has 0 amide bonds. The molecule has 0 radical (unpaired) electrons. The van der Waals surface area contributed by atoms with Gasteiger partial charge in [0.2, 0.25) is 0 Å². The van der Waals surface area contributed by atoms with E-state index in [4.69, 9.17) is 11.6 Å². The van der Waals surface area contributed by atoms with Crippen molar-refractivity contribution < 1.29 is 8.42 Å². The standard InChI is InChI=1S/C20H17ClN4O3S/c21-14-7-8-16-15(11-14)18-22-19(26)17(13-5-2-1-3-6-13)24-25(18)20(23-16)9-4-10-29(27,28)12-20/h1-3,5-8,11,23H,4,9-10,12H2/t20-/m0/s1. The van der Waals surface area contributed by atoms with E-state index in [9.17, 15) is 13.2 Å². The van der Waals surface area contributed by atoms with Gasteiger partial charge >= 0.3 is 0 Å². The second-order valence-electron chi connectivity index (χ2n) is 7.41. The number of halogens is 1. The molecule has 0 aliphatic carbocycles. The lowest BCUT2D eigenvalue weighted by Gasteiger charge is -2.43. The highest BCUT2D eigenvalue weighted by atomic mass is 35.5. The molecule has 29 heavy (non-hydrogen) atoms. The van der Waals surface area contributed by atoms with Crippen LogP contribution in [0.1, 0.15) is 12.8 Å². The topological polar surface area (TPSA) is 93.9 Å². The first-order valence-corrected chi connectivity index (χ1v) is 11.4. The maximum Gasteiger partial charge on any atom is 0.300 e. The van der Waals surface area contributed by atoms with Crippen LogP contribution in [-0.4, -0.2) is 34.7 Å². The molecule has 2 aliphatic rings. The summed E-state index contributed by atoms with van der Waals surface area (Å²) in [5, 5.41) is 8.49. The molecule has 1 aromatic heterocycles. The minimum Gasteiger partial charge on any atom is -0.360 e. The highest BCUT2D eigenvalue weighted by molar-refractivity contribution is 7.91. The van der Waals surface area contributed by atoms with Crippen molar-refractivity contribution in [2.24, 2.45) is 0 Å². The van der Waals surface area contributed by atoms with E-state index in [-0.39, 0.29) is 17.2 Å². The molecule has 5 rings (SSSR count). The van der Waals surface area contributed by atoms with Gasteiger partial charge in [-0.2, -0.15) is 10.1 Å². The zero-order valence-corrected chi connectivity index (χ0v) is 16.9. The van der Waals surface area contributed by atoms with Gasteiger partial charge in [0, 0.05) is 21.8 Å². The molecule has 7 nitrogen and oxygen atoms in total. The predicted octanol–water partition coefficient (Wildman–Crippen LogP) is 2.91. The average Bonchev–Trinajstić information content (AvgIpc) is 2.68. The Balaban J connectivity index is 1.81. The summed E-state index contributed by atoms with van der Waals surface area (Å²) in [6.07, 6.45) is 1.04. The zero-order valence-electron chi connectivity index (χ0n) is 15.3. The van der Waals surface area contributed by atoms with Gasteiger partial charge in [0.25, 0.3) is 5.56 Å². The molecular weight excluding hydrogens is 412 g/mol. The Morgan fingerprint density at radius 3 is 2.69 bits per heavy atom. The highest BCUT2D eigenvalue weighted by Crippen LogP contribution is 2.42. The van der Waals surface area contributed by atoms with Crippen molar-refractivity contribution >= 4 is 27.1 Å². The predicted molar refractivity (Wildman–Crippen MR) is 112 cm³/mol. The SMILES string of the molecule is O=c1nc2n(nc1-c1ccccc1)[C@]1(CCCS(=O)(=O)C1)Nc1ccc(Cl)cc1-2. The summed E-state index contributed by atoms with van der Waals surface area (Å²) in [5.41, 5.74) is 0.652. The molecule has 0 saturated carbocycles. The lowest BCUT2D eigenvalue weighted by atomic mass is 9.99. The van der Waals surface area contributed by atoms with Crippen LogP contribution in [0.15, 0.2) is 53.3 Å². The third-order valence-electron chi connectivity index (χ3n) is 5.36. The lowest BCUT2D eigenvalue weighted by Crippen LogP contribution is -2.54. The van der Waals surface area contributed by atoms with Crippen LogP contribution < -0.4 is 10.9 Å². The number of anilines is 1. The Bertz CT molecular complexity index is 1290. The number of hydrogen-bond acceptors (Lipinski definition) is 6. The van der Waals surface area contributed by atoms with Crippen molar-refractivity contribution in [3.8, 4) is 22.6 Å². The molecule has 148 valence electrons. The molecule has 3 aromatic rings. The number of rotatable bonds is 1. The Morgan fingerprint density at radius 1 is 1.14 bits per heavy atom. The molecule has 1 atom stereocenters. The third kappa shape index (κ3) is 3.03. The molecule has 1 spiro atoms. The van der Waals surface area contributed by atoms with E-state index >= 15 is 0 Å². The van der Waals surface area contributed by atoms with Crippen molar-refractivity contribution in [1.82, 2.24) is 14.8 Å². The van der Waals surface area contributed by atoms with Crippen LogP contribution in [0.5, 0.6) is 0 Å². The van der Waals surface area contributed by atoms with Gasteiger partial charge in [-0.25, -0.2) is 13.1 Å². The van der Waals surface area contributed by atoms with E-state index in [1.165, 1.54) is 0 Å². The Kier molecular flexibility index (Phi) is 4.04. The monoisotopic (exact) mass is 428 g/mol. The first kappa shape index (κ1) is 18.3. The quantitative estimate of drug-likeness (QED) is 0.640. The maximum atomic E-state index is 12.8. The summed E-state index contributed by atoms with van der Waals surface area (Å²) < 4.78 is 26.7. The van der Waals surface area contributed by atoms with Crippen LogP contribution in [0.2, 0.25) is 5.02 Å². The van der Waals surface area contributed by atoms with Crippen LogP contribution >= 0.6 is 11.6 Å². The van der Waals surface area contributed by atoms with Crippen molar-refractivity contribution in [3.63, 3.8) is 0 Å². The number of sulfone groups is 1. The van der Waals surface area contributed by atoms with Crippen LogP contribution in [0.25, 0.3) is 22.6 Å².